The van der Waals surface area contributed by atoms with Crippen LogP contribution in [0.2, 0.25) is 0 Å². The number of hydrogen-bond donors (Lipinski definition) is 1. The average Bonchev–Trinajstić information content (AvgIpc) is 2.93. The topological polar surface area (TPSA) is 58.6 Å². The normalized spacial score (nSPS) is 24.7. The van der Waals surface area contributed by atoms with E-state index in [0.717, 1.165) is 51.6 Å². The van der Waals surface area contributed by atoms with Crippen molar-refractivity contribution in [2.45, 2.75) is 70.4 Å². The van der Waals surface area contributed by atoms with Gasteiger partial charge in [0.15, 0.2) is 0 Å². The highest BCUT2D eigenvalue weighted by atomic mass is 16.5. The van der Waals surface area contributed by atoms with Gasteiger partial charge in [-0.1, -0.05) is 26.2 Å². The summed E-state index contributed by atoms with van der Waals surface area (Å²) in [7, 11) is 0. The van der Waals surface area contributed by atoms with Gasteiger partial charge in [-0.05, 0) is 32.6 Å². The summed E-state index contributed by atoms with van der Waals surface area (Å²) in [5.41, 5.74) is -0.605. The van der Waals surface area contributed by atoms with Crippen LogP contribution < -0.4 is 5.32 Å². The van der Waals surface area contributed by atoms with Gasteiger partial charge in [0.05, 0.1) is 0 Å². The largest absolute Gasteiger partial charge is 0.381 e. The lowest BCUT2D eigenvalue weighted by molar-refractivity contribution is -0.154. The smallest absolute Gasteiger partial charge is 0.248 e. The lowest BCUT2D eigenvalue weighted by Gasteiger charge is -2.43. The summed E-state index contributed by atoms with van der Waals surface area (Å²) < 4.78 is 5.54. The molecular formula is C16H28N2O3. The average molecular weight is 296 g/mol. The highest BCUT2D eigenvalue weighted by molar-refractivity contribution is 5.99. The molecule has 1 heterocycles. The molecule has 0 aromatic carbocycles. The van der Waals surface area contributed by atoms with Crippen LogP contribution in [0.3, 0.4) is 0 Å². The number of amides is 2. The van der Waals surface area contributed by atoms with Crippen molar-refractivity contribution >= 4 is 11.8 Å². The lowest BCUT2D eigenvalue weighted by Crippen LogP contribution is -2.68. The van der Waals surface area contributed by atoms with Crippen LogP contribution in [0.15, 0.2) is 0 Å². The van der Waals surface area contributed by atoms with Crippen LogP contribution in [0, 0.1) is 0 Å². The van der Waals surface area contributed by atoms with Crippen molar-refractivity contribution in [2.24, 2.45) is 0 Å². The van der Waals surface area contributed by atoms with E-state index in [0.29, 0.717) is 13.2 Å². The zero-order chi connectivity index (χ0) is 15.3. The van der Waals surface area contributed by atoms with Crippen LogP contribution in [0.5, 0.6) is 0 Å². The Bertz CT molecular complexity index is 378. The number of hydrogen-bond acceptors (Lipinski definition) is 3. The quantitative estimate of drug-likeness (QED) is 0.729. The van der Waals surface area contributed by atoms with Crippen LogP contribution in [-0.2, 0) is 14.3 Å². The fraction of sp³-hybridized carbons (Fsp3) is 0.875. The zero-order valence-corrected chi connectivity index (χ0v) is 13.3. The Hall–Kier alpha value is -1.10. The van der Waals surface area contributed by atoms with Crippen molar-refractivity contribution in [2.75, 3.05) is 19.8 Å². The van der Waals surface area contributed by atoms with Gasteiger partial charge in [0.2, 0.25) is 11.8 Å². The highest BCUT2D eigenvalue weighted by Crippen LogP contribution is 2.34. The molecular weight excluding hydrogens is 268 g/mol. The second-order valence-electron chi connectivity index (χ2n) is 6.27. The molecule has 1 unspecified atom stereocenters. The second-order valence-corrected chi connectivity index (χ2v) is 6.27. The lowest BCUT2D eigenvalue weighted by atomic mass is 9.91. The van der Waals surface area contributed by atoms with Gasteiger partial charge in [-0.2, -0.15) is 0 Å². The summed E-state index contributed by atoms with van der Waals surface area (Å²) in [6.45, 7) is 6.00. The van der Waals surface area contributed by atoms with Gasteiger partial charge in [-0.15, -0.1) is 0 Å². The standard InChI is InChI=1S/C16H28N2O3/c1-3-4-11-21-12-7-10-18-13(2)14(19)17-16(15(18)20)8-5-6-9-16/h13H,3-12H2,1-2H3,(H,17,19). The van der Waals surface area contributed by atoms with Crippen LogP contribution >= 0.6 is 0 Å². The number of ether oxygens (including phenoxy) is 1. The van der Waals surface area contributed by atoms with Gasteiger partial charge in [0, 0.05) is 19.8 Å². The van der Waals surface area contributed by atoms with E-state index in [-0.39, 0.29) is 17.9 Å². The Kier molecular flexibility index (Phi) is 5.62. The maximum Gasteiger partial charge on any atom is 0.248 e. The Morgan fingerprint density at radius 2 is 1.90 bits per heavy atom. The molecule has 2 aliphatic rings. The van der Waals surface area contributed by atoms with E-state index in [1.165, 1.54) is 0 Å². The molecule has 1 aliphatic carbocycles. The Balaban J connectivity index is 1.87. The molecule has 1 saturated carbocycles. The molecule has 2 fully saturated rings. The molecule has 1 spiro atoms. The Morgan fingerprint density at radius 1 is 1.24 bits per heavy atom. The first-order valence-electron chi connectivity index (χ1n) is 8.31. The van der Waals surface area contributed by atoms with Crippen molar-refractivity contribution < 1.29 is 14.3 Å². The second kappa shape index (κ2) is 7.25. The van der Waals surface area contributed by atoms with Gasteiger partial charge >= 0.3 is 0 Å². The van der Waals surface area contributed by atoms with E-state index in [2.05, 4.69) is 12.2 Å². The van der Waals surface area contributed by atoms with Crippen LogP contribution in [0.4, 0.5) is 0 Å². The third-order valence-electron chi connectivity index (χ3n) is 4.67. The number of unbranched alkanes of at least 4 members (excludes halogenated alkanes) is 1. The molecule has 1 atom stereocenters. The predicted molar refractivity (Wildman–Crippen MR) is 80.9 cm³/mol. The fourth-order valence-electron chi connectivity index (χ4n) is 3.28. The number of piperazine rings is 1. The Labute approximate surface area is 127 Å². The van der Waals surface area contributed by atoms with Gasteiger partial charge in [0.1, 0.15) is 11.6 Å². The van der Waals surface area contributed by atoms with Crippen molar-refractivity contribution in [3.63, 3.8) is 0 Å². The molecule has 5 heteroatoms. The van der Waals surface area contributed by atoms with Gasteiger partial charge in [-0.25, -0.2) is 0 Å². The van der Waals surface area contributed by atoms with E-state index in [9.17, 15) is 9.59 Å². The molecule has 0 aromatic heterocycles. The molecule has 1 aliphatic heterocycles. The molecule has 2 rings (SSSR count). The molecule has 1 N–H and O–H groups in total. The van der Waals surface area contributed by atoms with Crippen molar-refractivity contribution in [1.82, 2.24) is 10.2 Å². The maximum atomic E-state index is 12.7. The van der Waals surface area contributed by atoms with E-state index >= 15 is 0 Å². The summed E-state index contributed by atoms with van der Waals surface area (Å²) in [5, 5.41) is 2.98. The molecule has 21 heavy (non-hydrogen) atoms. The molecule has 2 amide bonds. The molecule has 1 saturated heterocycles. The molecule has 0 bridgehead atoms. The summed E-state index contributed by atoms with van der Waals surface area (Å²) in [6.07, 6.45) is 6.61. The van der Waals surface area contributed by atoms with Crippen molar-refractivity contribution in [1.29, 1.82) is 0 Å². The molecule has 0 aromatic rings. The number of nitrogens with zero attached hydrogens (tertiary/aromatic N) is 1. The highest BCUT2D eigenvalue weighted by Gasteiger charge is 2.50. The SMILES string of the molecule is CCCCOCCCN1C(=O)C2(CCCC2)NC(=O)C1C. The number of carbonyl (C=O) groups excluding carboxylic acids is 2. The minimum absolute atomic E-state index is 0.0107. The number of carbonyl (C=O) groups is 2. The first-order valence-corrected chi connectivity index (χ1v) is 8.31. The van der Waals surface area contributed by atoms with Crippen LogP contribution in [0.25, 0.3) is 0 Å². The summed E-state index contributed by atoms with van der Waals surface area (Å²) >= 11 is 0. The molecule has 0 radical (unpaired) electrons. The molecule has 120 valence electrons. The molecule has 5 nitrogen and oxygen atoms in total. The first-order chi connectivity index (χ1) is 10.1. The first kappa shape index (κ1) is 16.3. The Morgan fingerprint density at radius 3 is 2.57 bits per heavy atom. The van der Waals surface area contributed by atoms with Crippen LogP contribution in [-0.4, -0.2) is 48.1 Å². The predicted octanol–water partition coefficient (Wildman–Crippen LogP) is 1.85. The van der Waals surface area contributed by atoms with E-state index in [1.54, 1.807) is 4.90 Å². The van der Waals surface area contributed by atoms with E-state index < -0.39 is 5.54 Å². The minimum Gasteiger partial charge on any atom is -0.381 e. The fourth-order valence-corrected chi connectivity index (χ4v) is 3.28. The van der Waals surface area contributed by atoms with Crippen molar-refractivity contribution in [3.8, 4) is 0 Å². The maximum absolute atomic E-state index is 12.7. The third-order valence-corrected chi connectivity index (χ3v) is 4.67. The van der Waals surface area contributed by atoms with E-state index in [1.807, 2.05) is 6.92 Å². The summed E-state index contributed by atoms with van der Waals surface area (Å²) in [5.74, 6) is 0.101. The third kappa shape index (κ3) is 3.57. The van der Waals surface area contributed by atoms with Gasteiger partial charge < -0.3 is 15.0 Å². The zero-order valence-electron chi connectivity index (χ0n) is 13.3. The number of rotatable bonds is 7. The van der Waals surface area contributed by atoms with Crippen LogP contribution in [0.1, 0.15) is 58.8 Å². The summed E-state index contributed by atoms with van der Waals surface area (Å²) in [4.78, 5) is 26.6. The summed E-state index contributed by atoms with van der Waals surface area (Å²) in [6, 6.07) is -0.362. The van der Waals surface area contributed by atoms with E-state index in [4.69, 9.17) is 4.74 Å². The van der Waals surface area contributed by atoms with Gasteiger partial charge in [0.25, 0.3) is 0 Å². The monoisotopic (exact) mass is 296 g/mol. The van der Waals surface area contributed by atoms with Gasteiger partial charge in [-0.3, -0.25) is 9.59 Å². The minimum atomic E-state index is -0.605. The van der Waals surface area contributed by atoms with Crippen molar-refractivity contribution in [3.05, 3.63) is 0 Å². The number of nitrogens with one attached hydrogen (secondary N) is 1.